The molecule has 0 aliphatic carbocycles. The summed E-state index contributed by atoms with van der Waals surface area (Å²) in [7, 11) is 0. The molecule has 0 atom stereocenters. The van der Waals surface area contributed by atoms with Crippen molar-refractivity contribution in [1.82, 2.24) is 5.32 Å². The topological polar surface area (TPSA) is 29.1 Å². The van der Waals surface area contributed by atoms with Crippen molar-refractivity contribution in [3.63, 3.8) is 0 Å². The van der Waals surface area contributed by atoms with Crippen molar-refractivity contribution in [2.24, 2.45) is 0 Å². The first-order valence-electron chi connectivity index (χ1n) is 5.99. The third-order valence-corrected chi connectivity index (χ3v) is 2.65. The highest BCUT2D eigenvalue weighted by atomic mass is 19.1. The number of aryl methyl sites for hydroxylation is 1. The Labute approximate surface area is 102 Å². The Morgan fingerprint density at radius 1 is 1.41 bits per heavy atom. The van der Waals surface area contributed by atoms with Crippen molar-refractivity contribution in [2.75, 3.05) is 6.54 Å². The molecule has 0 amide bonds. The van der Waals surface area contributed by atoms with E-state index in [9.17, 15) is 9.18 Å². The van der Waals surface area contributed by atoms with Gasteiger partial charge < -0.3 is 5.32 Å². The van der Waals surface area contributed by atoms with E-state index in [0.29, 0.717) is 25.4 Å². The lowest BCUT2D eigenvalue weighted by Crippen LogP contribution is -2.25. The summed E-state index contributed by atoms with van der Waals surface area (Å²) in [6.07, 6.45) is 0.918. The minimum Gasteiger partial charge on any atom is -0.314 e. The lowest BCUT2D eigenvalue weighted by atomic mass is 10.0. The molecule has 94 valence electrons. The third kappa shape index (κ3) is 5.09. The van der Waals surface area contributed by atoms with Crippen LogP contribution in [0.25, 0.3) is 0 Å². The van der Waals surface area contributed by atoms with Gasteiger partial charge in [-0.2, -0.15) is 0 Å². The average molecular weight is 237 g/mol. The maximum absolute atomic E-state index is 12.9. The fourth-order valence-electron chi connectivity index (χ4n) is 1.66. The van der Waals surface area contributed by atoms with E-state index in [4.69, 9.17) is 0 Å². The number of nitrogens with one attached hydrogen (secondary N) is 1. The molecule has 0 aliphatic heterocycles. The van der Waals surface area contributed by atoms with Crippen molar-refractivity contribution >= 4 is 5.78 Å². The zero-order valence-corrected chi connectivity index (χ0v) is 10.7. The second-order valence-electron chi connectivity index (χ2n) is 4.65. The molecule has 1 aromatic rings. The molecular formula is C14H20FNO. The van der Waals surface area contributed by atoms with Gasteiger partial charge in [-0.1, -0.05) is 19.9 Å². The maximum Gasteiger partial charge on any atom is 0.138 e. The van der Waals surface area contributed by atoms with Gasteiger partial charge in [0.25, 0.3) is 0 Å². The van der Waals surface area contributed by atoms with Gasteiger partial charge in [0.2, 0.25) is 0 Å². The van der Waals surface area contributed by atoms with Crippen LogP contribution in [0.5, 0.6) is 0 Å². The summed E-state index contributed by atoms with van der Waals surface area (Å²) in [5, 5.41) is 3.21. The van der Waals surface area contributed by atoms with Crippen LogP contribution >= 0.6 is 0 Å². The Balaban J connectivity index is 2.45. The third-order valence-electron chi connectivity index (χ3n) is 2.65. The molecule has 17 heavy (non-hydrogen) atoms. The van der Waals surface area contributed by atoms with Crippen LogP contribution < -0.4 is 5.32 Å². The molecule has 0 bridgehead atoms. The predicted molar refractivity (Wildman–Crippen MR) is 67.6 cm³/mol. The summed E-state index contributed by atoms with van der Waals surface area (Å²) < 4.78 is 12.9. The molecule has 0 aromatic heterocycles. The standard InChI is InChI=1S/C14H20FNO/c1-10(2)16-7-6-14(17)9-12-4-5-13(15)8-11(12)3/h4-5,8,10,16H,6-7,9H2,1-3H3. The quantitative estimate of drug-likeness (QED) is 0.824. The van der Waals surface area contributed by atoms with Gasteiger partial charge in [-0.3, -0.25) is 4.79 Å². The predicted octanol–water partition coefficient (Wildman–Crippen LogP) is 2.63. The zero-order valence-electron chi connectivity index (χ0n) is 10.7. The largest absolute Gasteiger partial charge is 0.314 e. The smallest absolute Gasteiger partial charge is 0.138 e. The lowest BCUT2D eigenvalue weighted by Gasteiger charge is -2.08. The number of carbonyl (C=O) groups is 1. The number of benzene rings is 1. The highest BCUT2D eigenvalue weighted by Gasteiger charge is 2.07. The normalized spacial score (nSPS) is 10.9. The van der Waals surface area contributed by atoms with E-state index in [0.717, 1.165) is 11.1 Å². The van der Waals surface area contributed by atoms with Gasteiger partial charge >= 0.3 is 0 Å². The Kier molecular flexibility index (Phi) is 5.29. The first-order valence-corrected chi connectivity index (χ1v) is 5.99. The van der Waals surface area contributed by atoms with E-state index in [2.05, 4.69) is 19.2 Å². The number of rotatable bonds is 6. The van der Waals surface area contributed by atoms with Gasteiger partial charge in [-0.15, -0.1) is 0 Å². The number of hydrogen-bond acceptors (Lipinski definition) is 2. The van der Waals surface area contributed by atoms with E-state index in [-0.39, 0.29) is 11.6 Å². The molecule has 0 saturated carbocycles. The molecule has 0 fully saturated rings. The van der Waals surface area contributed by atoms with Gasteiger partial charge in [0.15, 0.2) is 0 Å². The van der Waals surface area contributed by atoms with Gasteiger partial charge in [0.1, 0.15) is 11.6 Å². The lowest BCUT2D eigenvalue weighted by molar-refractivity contribution is -0.118. The van der Waals surface area contributed by atoms with Crippen LogP contribution in [-0.2, 0) is 11.2 Å². The monoisotopic (exact) mass is 237 g/mol. The van der Waals surface area contributed by atoms with Gasteiger partial charge in [-0.25, -0.2) is 4.39 Å². The highest BCUT2D eigenvalue weighted by Crippen LogP contribution is 2.11. The number of Topliss-reactive ketones (excluding diaryl/α,β-unsaturated/α-hetero) is 1. The van der Waals surface area contributed by atoms with E-state index in [1.165, 1.54) is 12.1 Å². The van der Waals surface area contributed by atoms with Crippen molar-refractivity contribution in [2.45, 2.75) is 39.7 Å². The molecular weight excluding hydrogens is 217 g/mol. The SMILES string of the molecule is Cc1cc(F)ccc1CC(=O)CCNC(C)C. The molecule has 0 saturated heterocycles. The fourth-order valence-corrected chi connectivity index (χ4v) is 1.66. The van der Waals surface area contributed by atoms with Crippen LogP contribution in [0.3, 0.4) is 0 Å². The van der Waals surface area contributed by atoms with Crippen molar-refractivity contribution in [3.05, 3.63) is 35.1 Å². The summed E-state index contributed by atoms with van der Waals surface area (Å²) in [6, 6.07) is 4.96. The molecule has 0 radical (unpaired) electrons. The minimum atomic E-state index is -0.250. The first-order chi connectivity index (χ1) is 7.99. The van der Waals surface area contributed by atoms with Crippen LogP contribution in [0.1, 0.15) is 31.4 Å². The Morgan fingerprint density at radius 3 is 2.71 bits per heavy atom. The Bertz CT molecular complexity index is 388. The molecule has 1 N–H and O–H groups in total. The number of carbonyl (C=O) groups excluding carboxylic acids is 1. The minimum absolute atomic E-state index is 0.188. The van der Waals surface area contributed by atoms with Gasteiger partial charge in [-0.05, 0) is 30.2 Å². The molecule has 1 rings (SSSR count). The fraction of sp³-hybridized carbons (Fsp3) is 0.500. The Hall–Kier alpha value is -1.22. The summed E-state index contributed by atoms with van der Waals surface area (Å²) >= 11 is 0. The zero-order chi connectivity index (χ0) is 12.8. The molecule has 1 aromatic carbocycles. The van der Waals surface area contributed by atoms with Crippen LogP contribution in [0.15, 0.2) is 18.2 Å². The van der Waals surface area contributed by atoms with Gasteiger partial charge in [0.05, 0.1) is 0 Å². The molecule has 0 heterocycles. The molecule has 2 nitrogen and oxygen atoms in total. The van der Waals surface area contributed by atoms with Crippen LogP contribution in [0, 0.1) is 12.7 Å². The van der Waals surface area contributed by atoms with E-state index >= 15 is 0 Å². The van der Waals surface area contributed by atoms with E-state index in [1.807, 2.05) is 6.92 Å². The second-order valence-corrected chi connectivity index (χ2v) is 4.65. The maximum atomic E-state index is 12.9. The summed E-state index contributed by atoms with van der Waals surface area (Å²) in [4.78, 5) is 11.7. The van der Waals surface area contributed by atoms with Crippen molar-refractivity contribution in [3.8, 4) is 0 Å². The molecule has 3 heteroatoms. The van der Waals surface area contributed by atoms with Crippen LogP contribution in [0.4, 0.5) is 4.39 Å². The van der Waals surface area contributed by atoms with Crippen molar-refractivity contribution in [1.29, 1.82) is 0 Å². The molecule has 0 unspecified atom stereocenters. The number of hydrogen-bond donors (Lipinski definition) is 1. The van der Waals surface area contributed by atoms with E-state index < -0.39 is 0 Å². The molecule has 0 aliphatic rings. The first kappa shape index (κ1) is 13.8. The number of ketones is 1. The van der Waals surface area contributed by atoms with Crippen LogP contribution in [0.2, 0.25) is 0 Å². The van der Waals surface area contributed by atoms with Crippen molar-refractivity contribution < 1.29 is 9.18 Å². The Morgan fingerprint density at radius 2 is 2.12 bits per heavy atom. The number of halogens is 1. The van der Waals surface area contributed by atoms with Gasteiger partial charge in [0, 0.05) is 25.4 Å². The highest BCUT2D eigenvalue weighted by molar-refractivity contribution is 5.81. The summed E-state index contributed by atoms with van der Waals surface area (Å²) in [5.74, 6) is -0.0620. The van der Waals surface area contributed by atoms with Crippen LogP contribution in [-0.4, -0.2) is 18.4 Å². The molecule has 0 spiro atoms. The second kappa shape index (κ2) is 6.50. The summed E-state index contributed by atoms with van der Waals surface area (Å²) in [6.45, 7) is 6.64. The summed E-state index contributed by atoms with van der Waals surface area (Å²) in [5.41, 5.74) is 1.76. The van der Waals surface area contributed by atoms with E-state index in [1.54, 1.807) is 6.07 Å². The average Bonchev–Trinajstić information content (AvgIpc) is 2.21.